The summed E-state index contributed by atoms with van der Waals surface area (Å²) in [5, 5.41) is 0. The Morgan fingerprint density at radius 3 is 2.60 bits per heavy atom. The van der Waals surface area contributed by atoms with Crippen molar-refractivity contribution in [1.29, 1.82) is 0 Å². The van der Waals surface area contributed by atoms with Crippen molar-refractivity contribution in [1.82, 2.24) is 9.55 Å². The number of hydrogen-bond donors (Lipinski definition) is 1. The van der Waals surface area contributed by atoms with Gasteiger partial charge in [0.25, 0.3) is 0 Å². The van der Waals surface area contributed by atoms with Crippen molar-refractivity contribution in [3.8, 4) is 16.9 Å². The highest BCUT2D eigenvalue weighted by atomic mass is 79.9. The molecule has 0 spiro atoms. The zero-order chi connectivity index (χ0) is 14.1. The summed E-state index contributed by atoms with van der Waals surface area (Å²) >= 11 is 8.77. The maximum Gasteiger partial charge on any atom is 0.182 e. The molecule has 1 N–H and O–H groups in total. The van der Waals surface area contributed by atoms with E-state index in [-0.39, 0.29) is 5.82 Å². The van der Waals surface area contributed by atoms with E-state index in [9.17, 15) is 4.39 Å². The van der Waals surface area contributed by atoms with Crippen molar-refractivity contribution in [2.24, 2.45) is 0 Å². The molecule has 0 fully saturated rings. The van der Waals surface area contributed by atoms with Crippen molar-refractivity contribution in [2.75, 3.05) is 0 Å². The first-order valence-corrected chi connectivity index (χ1v) is 7.18. The minimum absolute atomic E-state index is 0.301. The predicted octanol–water partition coefficient (Wildman–Crippen LogP) is 5.10. The summed E-state index contributed by atoms with van der Waals surface area (Å²) in [6.45, 7) is 0. The van der Waals surface area contributed by atoms with Gasteiger partial charge in [0.15, 0.2) is 4.77 Å². The monoisotopic (exact) mass is 348 g/mol. The summed E-state index contributed by atoms with van der Waals surface area (Å²) in [7, 11) is 0. The highest BCUT2D eigenvalue weighted by molar-refractivity contribution is 9.10. The molecule has 0 bridgehead atoms. The van der Waals surface area contributed by atoms with Crippen LogP contribution >= 0.6 is 28.1 Å². The number of imidazole rings is 1. The van der Waals surface area contributed by atoms with Gasteiger partial charge < -0.3 is 4.98 Å². The molecule has 2 nitrogen and oxygen atoms in total. The molecule has 0 aliphatic carbocycles. The van der Waals surface area contributed by atoms with Gasteiger partial charge in [-0.25, -0.2) is 4.39 Å². The van der Waals surface area contributed by atoms with E-state index in [1.165, 1.54) is 12.1 Å². The van der Waals surface area contributed by atoms with Crippen LogP contribution in [0.1, 0.15) is 0 Å². The van der Waals surface area contributed by atoms with Crippen LogP contribution in [0.5, 0.6) is 0 Å². The lowest BCUT2D eigenvalue weighted by molar-refractivity contribution is 0.626. The van der Waals surface area contributed by atoms with Crippen LogP contribution in [0.4, 0.5) is 4.39 Å². The summed E-state index contributed by atoms with van der Waals surface area (Å²) in [5.74, 6) is -0.301. The molecule has 100 valence electrons. The lowest BCUT2D eigenvalue weighted by atomic mass is 10.1. The van der Waals surface area contributed by atoms with E-state index in [1.807, 2.05) is 41.1 Å². The third-order valence-corrected chi connectivity index (χ3v) is 3.97. The van der Waals surface area contributed by atoms with Gasteiger partial charge in [0.1, 0.15) is 5.82 Å². The van der Waals surface area contributed by atoms with Gasteiger partial charge in [0.2, 0.25) is 0 Å². The Hall–Kier alpha value is -1.72. The van der Waals surface area contributed by atoms with Gasteiger partial charge in [-0.15, -0.1) is 0 Å². The van der Waals surface area contributed by atoms with Crippen molar-refractivity contribution in [3.05, 3.63) is 69.8 Å². The molecule has 0 unspecified atom stereocenters. The summed E-state index contributed by atoms with van der Waals surface area (Å²) < 4.78 is 16.7. The second kappa shape index (κ2) is 5.34. The molecule has 0 saturated carbocycles. The first-order valence-electron chi connectivity index (χ1n) is 5.98. The van der Waals surface area contributed by atoms with Crippen LogP contribution in [-0.2, 0) is 0 Å². The summed E-state index contributed by atoms with van der Waals surface area (Å²) in [5.41, 5.74) is 2.58. The third kappa shape index (κ3) is 2.34. The zero-order valence-electron chi connectivity index (χ0n) is 10.3. The van der Waals surface area contributed by atoms with Crippen LogP contribution in [-0.4, -0.2) is 9.55 Å². The van der Waals surface area contributed by atoms with Crippen LogP contribution in [0, 0.1) is 10.6 Å². The topological polar surface area (TPSA) is 20.7 Å². The molecule has 0 radical (unpaired) electrons. The number of nitrogens with zero attached hydrogens (tertiary/aromatic N) is 1. The Morgan fingerprint density at radius 1 is 1.10 bits per heavy atom. The Kier molecular flexibility index (Phi) is 3.54. The SMILES string of the molecule is Fc1ccc(Br)c(-n2c(-c3ccccc3)c[nH]c2=S)c1. The van der Waals surface area contributed by atoms with Gasteiger partial charge in [0, 0.05) is 16.2 Å². The summed E-state index contributed by atoms with van der Waals surface area (Å²) in [6.07, 6.45) is 1.83. The lowest BCUT2D eigenvalue weighted by Gasteiger charge is -2.10. The van der Waals surface area contributed by atoms with Gasteiger partial charge >= 0.3 is 0 Å². The number of aromatic nitrogens is 2. The Balaban J connectivity index is 2.27. The fourth-order valence-electron chi connectivity index (χ4n) is 2.09. The van der Waals surface area contributed by atoms with Gasteiger partial charge in [0.05, 0.1) is 11.4 Å². The average molecular weight is 349 g/mol. The van der Waals surface area contributed by atoms with Gasteiger partial charge in [-0.2, -0.15) is 0 Å². The normalized spacial score (nSPS) is 10.7. The fourth-order valence-corrected chi connectivity index (χ4v) is 2.77. The fraction of sp³-hybridized carbons (Fsp3) is 0. The molecular weight excluding hydrogens is 339 g/mol. The highest BCUT2D eigenvalue weighted by Gasteiger charge is 2.11. The van der Waals surface area contributed by atoms with E-state index in [2.05, 4.69) is 20.9 Å². The maximum absolute atomic E-state index is 13.5. The van der Waals surface area contributed by atoms with E-state index in [1.54, 1.807) is 6.07 Å². The number of aromatic amines is 1. The second-order valence-corrected chi connectivity index (χ2v) is 5.52. The van der Waals surface area contributed by atoms with Crippen molar-refractivity contribution < 1.29 is 4.39 Å². The van der Waals surface area contributed by atoms with Crippen LogP contribution < -0.4 is 0 Å². The number of benzene rings is 2. The number of H-pyrrole nitrogens is 1. The van der Waals surface area contributed by atoms with Crippen LogP contribution in [0.25, 0.3) is 16.9 Å². The predicted molar refractivity (Wildman–Crippen MR) is 84.0 cm³/mol. The molecule has 2 aromatic carbocycles. The molecule has 3 aromatic rings. The molecule has 20 heavy (non-hydrogen) atoms. The third-order valence-electron chi connectivity index (χ3n) is 2.99. The minimum Gasteiger partial charge on any atom is -0.336 e. The summed E-state index contributed by atoms with van der Waals surface area (Å²) in [4.78, 5) is 3.02. The van der Waals surface area contributed by atoms with E-state index in [0.29, 0.717) is 10.5 Å². The van der Waals surface area contributed by atoms with E-state index >= 15 is 0 Å². The molecule has 0 aliphatic rings. The van der Waals surface area contributed by atoms with E-state index in [4.69, 9.17) is 12.2 Å². The molecule has 1 heterocycles. The Morgan fingerprint density at radius 2 is 1.85 bits per heavy atom. The Labute approximate surface area is 129 Å². The minimum atomic E-state index is -0.301. The highest BCUT2D eigenvalue weighted by Crippen LogP contribution is 2.28. The van der Waals surface area contributed by atoms with E-state index < -0.39 is 0 Å². The van der Waals surface area contributed by atoms with Crippen LogP contribution in [0.3, 0.4) is 0 Å². The van der Waals surface area contributed by atoms with Gasteiger partial charge in [-0.05, 0) is 46.3 Å². The van der Waals surface area contributed by atoms with Crippen LogP contribution in [0.2, 0.25) is 0 Å². The van der Waals surface area contributed by atoms with Gasteiger partial charge in [-0.1, -0.05) is 30.3 Å². The molecule has 1 aromatic heterocycles. The molecular formula is C15H10BrFN2S. The Bertz CT molecular complexity index is 808. The summed E-state index contributed by atoms with van der Waals surface area (Å²) in [6, 6.07) is 14.4. The first-order chi connectivity index (χ1) is 9.66. The number of halogens is 2. The molecule has 0 saturated heterocycles. The molecule has 5 heteroatoms. The van der Waals surface area contributed by atoms with Crippen LogP contribution in [0.15, 0.2) is 59.2 Å². The molecule has 0 amide bonds. The standard InChI is InChI=1S/C15H10BrFN2S/c16-12-7-6-11(17)8-13(12)19-14(9-18-15(19)20)10-4-2-1-3-5-10/h1-9H,(H,18,20). The second-order valence-electron chi connectivity index (χ2n) is 4.28. The maximum atomic E-state index is 13.5. The number of hydrogen-bond acceptors (Lipinski definition) is 1. The van der Waals surface area contributed by atoms with Crippen molar-refractivity contribution >= 4 is 28.1 Å². The van der Waals surface area contributed by atoms with E-state index in [0.717, 1.165) is 15.7 Å². The van der Waals surface area contributed by atoms with Crippen molar-refractivity contribution in [3.63, 3.8) is 0 Å². The molecule has 3 rings (SSSR count). The molecule has 0 atom stereocenters. The van der Waals surface area contributed by atoms with Gasteiger partial charge in [-0.3, -0.25) is 4.57 Å². The number of rotatable bonds is 2. The largest absolute Gasteiger partial charge is 0.336 e. The lowest BCUT2D eigenvalue weighted by Crippen LogP contribution is -1.99. The quantitative estimate of drug-likeness (QED) is 0.638. The first kappa shape index (κ1) is 13.3. The number of nitrogens with one attached hydrogen (secondary N) is 1. The van der Waals surface area contributed by atoms with Crippen molar-refractivity contribution in [2.45, 2.75) is 0 Å². The smallest absolute Gasteiger partial charge is 0.182 e. The molecule has 0 aliphatic heterocycles. The average Bonchev–Trinajstić information content (AvgIpc) is 2.84. The zero-order valence-corrected chi connectivity index (χ0v) is 12.7.